The van der Waals surface area contributed by atoms with Crippen LogP contribution >= 0.6 is 12.4 Å². The molecule has 0 amide bonds. The Balaban J connectivity index is 0.00000200. The lowest BCUT2D eigenvalue weighted by atomic mass is 9.89. The van der Waals surface area contributed by atoms with Crippen LogP contribution in [-0.4, -0.2) is 44.7 Å². The molecule has 0 bridgehead atoms. The summed E-state index contributed by atoms with van der Waals surface area (Å²) in [5.41, 5.74) is 1.69. The molecule has 1 aromatic rings. The molecule has 2 rings (SSSR count). The monoisotopic (exact) mass is 298 g/mol. The van der Waals surface area contributed by atoms with E-state index >= 15 is 0 Å². The normalized spacial score (nSPS) is 21.9. The highest BCUT2D eigenvalue weighted by Gasteiger charge is 2.29. The Morgan fingerprint density at radius 1 is 1.30 bits per heavy atom. The third-order valence-electron chi connectivity index (χ3n) is 3.84. The van der Waals surface area contributed by atoms with E-state index in [-0.39, 0.29) is 12.4 Å². The Bertz CT molecular complexity index is 366. The Kier molecular flexibility index (Phi) is 7.52. The maximum absolute atomic E-state index is 5.73. The van der Waals surface area contributed by atoms with Crippen molar-refractivity contribution in [3.8, 4) is 0 Å². The summed E-state index contributed by atoms with van der Waals surface area (Å²) in [6, 6.07) is 10.4. The molecule has 4 heteroatoms. The minimum atomic E-state index is 0. The molecule has 1 N–H and O–H groups in total. The lowest BCUT2D eigenvalue weighted by Gasteiger charge is -2.29. The van der Waals surface area contributed by atoms with Crippen LogP contribution < -0.4 is 5.32 Å². The van der Waals surface area contributed by atoms with Gasteiger partial charge in [-0.25, -0.2) is 0 Å². The molecule has 1 atom stereocenters. The average molecular weight is 299 g/mol. The van der Waals surface area contributed by atoms with Crippen molar-refractivity contribution in [3.63, 3.8) is 0 Å². The van der Waals surface area contributed by atoms with Crippen molar-refractivity contribution in [2.24, 2.45) is 5.41 Å². The molecule has 1 unspecified atom stereocenters. The molecule has 3 nitrogen and oxygen atoms in total. The molecule has 0 radical (unpaired) electrons. The molecule has 114 valence electrons. The summed E-state index contributed by atoms with van der Waals surface area (Å²) in [5, 5.41) is 3.45. The number of hydrogen-bond acceptors (Lipinski definition) is 3. The van der Waals surface area contributed by atoms with E-state index in [1.807, 2.05) is 6.07 Å². The van der Waals surface area contributed by atoms with Crippen molar-refractivity contribution in [2.75, 3.05) is 39.8 Å². The summed E-state index contributed by atoms with van der Waals surface area (Å²) in [6.07, 6.45) is 1.28. The molecular formula is C16H27ClN2O. The van der Waals surface area contributed by atoms with Gasteiger partial charge in [-0.05, 0) is 31.0 Å². The van der Waals surface area contributed by atoms with Gasteiger partial charge in [-0.2, -0.15) is 0 Å². The second-order valence-electron chi connectivity index (χ2n) is 6.01. The highest BCUT2D eigenvalue weighted by Crippen LogP contribution is 2.24. The third-order valence-corrected chi connectivity index (χ3v) is 3.84. The van der Waals surface area contributed by atoms with E-state index in [0.717, 1.165) is 32.8 Å². The summed E-state index contributed by atoms with van der Waals surface area (Å²) in [4.78, 5) is 2.39. The van der Waals surface area contributed by atoms with Crippen molar-refractivity contribution >= 4 is 12.4 Å². The predicted octanol–water partition coefficient (Wildman–Crippen LogP) is 2.56. The number of ether oxygens (including phenoxy) is 1. The highest BCUT2D eigenvalue weighted by molar-refractivity contribution is 5.85. The summed E-state index contributed by atoms with van der Waals surface area (Å²) >= 11 is 0. The van der Waals surface area contributed by atoms with Gasteiger partial charge in [-0.15, -0.1) is 12.4 Å². The van der Waals surface area contributed by atoms with Gasteiger partial charge in [0.2, 0.25) is 0 Å². The van der Waals surface area contributed by atoms with Crippen molar-refractivity contribution in [2.45, 2.75) is 20.0 Å². The quantitative estimate of drug-likeness (QED) is 0.783. The summed E-state index contributed by atoms with van der Waals surface area (Å²) in [5.74, 6) is 0. The van der Waals surface area contributed by atoms with Gasteiger partial charge in [-0.1, -0.05) is 37.3 Å². The van der Waals surface area contributed by atoms with Crippen LogP contribution in [0.15, 0.2) is 30.3 Å². The second-order valence-corrected chi connectivity index (χ2v) is 6.01. The average Bonchev–Trinajstić information content (AvgIpc) is 2.82. The lowest BCUT2D eigenvalue weighted by Crippen LogP contribution is -2.36. The third kappa shape index (κ3) is 5.80. The number of rotatable bonds is 7. The number of nitrogens with zero attached hydrogens (tertiary/aromatic N) is 1. The summed E-state index contributed by atoms with van der Waals surface area (Å²) in [6.45, 7) is 8.34. The first kappa shape index (κ1) is 17.4. The van der Waals surface area contributed by atoms with E-state index in [4.69, 9.17) is 4.74 Å². The van der Waals surface area contributed by atoms with E-state index in [1.165, 1.54) is 12.0 Å². The molecule has 1 aromatic carbocycles. The van der Waals surface area contributed by atoms with Gasteiger partial charge in [0.1, 0.15) is 0 Å². The molecule has 1 saturated heterocycles. The molecule has 0 aliphatic carbocycles. The lowest BCUT2D eigenvalue weighted by molar-refractivity contribution is 0.0885. The summed E-state index contributed by atoms with van der Waals surface area (Å²) in [7, 11) is 2.19. The van der Waals surface area contributed by atoms with Crippen LogP contribution in [0.5, 0.6) is 0 Å². The zero-order valence-corrected chi connectivity index (χ0v) is 13.4. The SMILES string of the molecule is CN(CCOCc1ccccc1)CC1(C)CCNC1.Cl. The van der Waals surface area contributed by atoms with Gasteiger partial charge in [0.25, 0.3) is 0 Å². The Labute approximate surface area is 129 Å². The fourth-order valence-electron chi connectivity index (χ4n) is 2.72. The van der Waals surface area contributed by atoms with E-state index in [9.17, 15) is 0 Å². The van der Waals surface area contributed by atoms with Gasteiger partial charge in [-0.3, -0.25) is 0 Å². The number of likely N-dealkylation sites (N-methyl/N-ethyl adjacent to an activating group) is 1. The Morgan fingerprint density at radius 3 is 2.70 bits per heavy atom. The number of nitrogens with one attached hydrogen (secondary N) is 1. The minimum Gasteiger partial charge on any atom is -0.375 e. The summed E-state index contributed by atoms with van der Waals surface area (Å²) < 4.78 is 5.73. The van der Waals surface area contributed by atoms with Crippen molar-refractivity contribution in [3.05, 3.63) is 35.9 Å². The van der Waals surface area contributed by atoms with Crippen LogP contribution in [0.4, 0.5) is 0 Å². The van der Waals surface area contributed by atoms with Gasteiger partial charge in [0, 0.05) is 19.6 Å². The van der Waals surface area contributed by atoms with Crippen LogP contribution in [0.1, 0.15) is 18.9 Å². The van der Waals surface area contributed by atoms with Crippen LogP contribution in [0.3, 0.4) is 0 Å². The van der Waals surface area contributed by atoms with E-state index < -0.39 is 0 Å². The van der Waals surface area contributed by atoms with Gasteiger partial charge < -0.3 is 15.0 Å². The zero-order chi connectivity index (χ0) is 13.6. The van der Waals surface area contributed by atoms with Gasteiger partial charge >= 0.3 is 0 Å². The minimum absolute atomic E-state index is 0. The van der Waals surface area contributed by atoms with E-state index in [2.05, 4.69) is 48.5 Å². The fraction of sp³-hybridized carbons (Fsp3) is 0.625. The maximum atomic E-state index is 5.73. The van der Waals surface area contributed by atoms with E-state index in [0.29, 0.717) is 12.0 Å². The van der Waals surface area contributed by atoms with Crippen LogP contribution in [0.25, 0.3) is 0 Å². The first-order chi connectivity index (χ1) is 9.18. The molecular weight excluding hydrogens is 272 g/mol. The number of benzene rings is 1. The molecule has 0 spiro atoms. The molecule has 1 aliphatic rings. The van der Waals surface area contributed by atoms with Crippen LogP contribution in [0.2, 0.25) is 0 Å². The van der Waals surface area contributed by atoms with Crippen LogP contribution in [0, 0.1) is 5.41 Å². The molecule has 0 saturated carbocycles. The molecule has 1 fully saturated rings. The first-order valence-electron chi connectivity index (χ1n) is 7.19. The maximum Gasteiger partial charge on any atom is 0.0717 e. The van der Waals surface area contributed by atoms with Crippen molar-refractivity contribution in [1.29, 1.82) is 0 Å². The standard InChI is InChI=1S/C16H26N2O.ClH/c1-16(8-9-17-13-16)14-18(2)10-11-19-12-15-6-4-3-5-7-15;/h3-7,17H,8-14H2,1-2H3;1H. The predicted molar refractivity (Wildman–Crippen MR) is 86.4 cm³/mol. The number of hydrogen-bond donors (Lipinski definition) is 1. The molecule has 1 aliphatic heterocycles. The van der Waals surface area contributed by atoms with Gasteiger partial charge in [0.05, 0.1) is 13.2 Å². The largest absolute Gasteiger partial charge is 0.375 e. The Hall–Kier alpha value is -0.610. The topological polar surface area (TPSA) is 24.5 Å². The van der Waals surface area contributed by atoms with Gasteiger partial charge in [0.15, 0.2) is 0 Å². The zero-order valence-electron chi connectivity index (χ0n) is 12.6. The fourth-order valence-corrected chi connectivity index (χ4v) is 2.72. The van der Waals surface area contributed by atoms with Crippen LogP contribution in [-0.2, 0) is 11.3 Å². The highest BCUT2D eigenvalue weighted by atomic mass is 35.5. The molecule has 20 heavy (non-hydrogen) atoms. The number of halogens is 1. The first-order valence-corrected chi connectivity index (χ1v) is 7.19. The van der Waals surface area contributed by atoms with E-state index in [1.54, 1.807) is 0 Å². The van der Waals surface area contributed by atoms with Crippen molar-refractivity contribution < 1.29 is 4.74 Å². The molecule has 0 aromatic heterocycles. The van der Waals surface area contributed by atoms with Crippen molar-refractivity contribution in [1.82, 2.24) is 10.2 Å². The smallest absolute Gasteiger partial charge is 0.0717 e. The second kappa shape index (κ2) is 8.63. The molecule has 1 heterocycles. The Morgan fingerprint density at radius 2 is 2.05 bits per heavy atom.